The van der Waals surface area contributed by atoms with Gasteiger partial charge in [0.05, 0.1) is 52.9 Å². The van der Waals surface area contributed by atoms with Crippen LogP contribution in [0.15, 0.2) is 0 Å². The second-order valence-corrected chi connectivity index (χ2v) is 11.1. The summed E-state index contributed by atoms with van der Waals surface area (Å²) in [4.78, 5) is 29.1. The summed E-state index contributed by atoms with van der Waals surface area (Å²) in [6, 6.07) is 0. The van der Waals surface area contributed by atoms with Crippen LogP contribution in [0.5, 0.6) is 0 Å². The molecule has 2 amide bonds. The number of hydrogen-bond acceptors (Lipinski definition) is 9. The van der Waals surface area contributed by atoms with Gasteiger partial charge in [-0.3, -0.25) is 14.5 Å². The average Bonchev–Trinajstić information content (AvgIpc) is 2.92. The van der Waals surface area contributed by atoms with Gasteiger partial charge < -0.3 is 33.9 Å². The number of nitrogens with one attached hydrogen (secondary N) is 1. The molecule has 0 aromatic rings. The normalized spacial score (nSPS) is 14.7. The fourth-order valence-corrected chi connectivity index (χ4v) is 4.53. The molecule has 0 aromatic heterocycles. The minimum Gasteiger partial charge on any atom is -0.383 e. The van der Waals surface area contributed by atoms with E-state index in [1.54, 1.807) is 7.11 Å². The summed E-state index contributed by atoms with van der Waals surface area (Å²) >= 11 is 1.27. The van der Waals surface area contributed by atoms with Crippen LogP contribution in [0.1, 0.15) is 46.5 Å². The number of carbonyl (C=O) groups is 2. The molecule has 0 aliphatic carbocycles. The SMILES string of the molecule is CCCCOCCOCCOCCOCCNC(=O)SCC(C)(C)CCC(=O)N1CCN(CCOC)CC1. The molecule has 1 N–H and O–H groups in total. The molecular weight excluding hydrogens is 510 g/mol. The topological polar surface area (TPSA) is 98.8 Å². The van der Waals surface area contributed by atoms with Gasteiger partial charge in [0.2, 0.25) is 5.91 Å². The summed E-state index contributed by atoms with van der Waals surface area (Å²) in [5, 5.41) is 2.81. The quantitative estimate of drug-likeness (QED) is 0.188. The van der Waals surface area contributed by atoms with Crippen molar-refractivity contribution in [3.05, 3.63) is 0 Å². The van der Waals surface area contributed by atoms with E-state index < -0.39 is 0 Å². The molecule has 0 unspecified atom stereocenters. The van der Waals surface area contributed by atoms with E-state index in [0.717, 1.165) is 65.2 Å². The molecule has 0 aromatic carbocycles. The monoisotopic (exact) mass is 563 g/mol. The number of piperazine rings is 1. The van der Waals surface area contributed by atoms with E-state index in [9.17, 15) is 9.59 Å². The number of hydrogen-bond donors (Lipinski definition) is 1. The molecule has 0 bridgehead atoms. The van der Waals surface area contributed by atoms with Crippen molar-refractivity contribution in [2.75, 3.05) is 112 Å². The highest BCUT2D eigenvalue weighted by molar-refractivity contribution is 8.13. The van der Waals surface area contributed by atoms with Crippen LogP contribution in [-0.2, 0) is 28.5 Å². The van der Waals surface area contributed by atoms with Crippen molar-refractivity contribution in [1.29, 1.82) is 0 Å². The molecule has 1 aliphatic rings. The zero-order chi connectivity index (χ0) is 27.9. The van der Waals surface area contributed by atoms with Crippen LogP contribution < -0.4 is 5.32 Å². The summed E-state index contributed by atoms with van der Waals surface area (Å²) in [6.45, 7) is 16.3. The average molecular weight is 564 g/mol. The van der Waals surface area contributed by atoms with Gasteiger partial charge in [0.15, 0.2) is 0 Å². The van der Waals surface area contributed by atoms with Crippen molar-refractivity contribution >= 4 is 22.9 Å². The van der Waals surface area contributed by atoms with Crippen molar-refractivity contribution in [3.8, 4) is 0 Å². The highest BCUT2D eigenvalue weighted by atomic mass is 32.2. The van der Waals surface area contributed by atoms with Crippen molar-refractivity contribution < 1.29 is 33.3 Å². The van der Waals surface area contributed by atoms with Crippen molar-refractivity contribution in [2.24, 2.45) is 5.41 Å². The zero-order valence-corrected chi connectivity index (χ0v) is 25.1. The molecule has 10 nitrogen and oxygen atoms in total. The third-order valence-electron chi connectivity index (χ3n) is 6.22. The molecule has 0 saturated carbocycles. The van der Waals surface area contributed by atoms with Crippen LogP contribution >= 0.6 is 11.8 Å². The maximum absolute atomic E-state index is 12.6. The third kappa shape index (κ3) is 19.2. The largest absolute Gasteiger partial charge is 0.383 e. The third-order valence-corrected chi connectivity index (χ3v) is 7.55. The van der Waals surface area contributed by atoms with Crippen molar-refractivity contribution in [3.63, 3.8) is 0 Å². The van der Waals surface area contributed by atoms with E-state index in [1.807, 2.05) is 4.90 Å². The van der Waals surface area contributed by atoms with Crippen LogP contribution in [0.25, 0.3) is 0 Å². The first-order valence-electron chi connectivity index (χ1n) is 14.1. The van der Waals surface area contributed by atoms with Gasteiger partial charge in [0, 0.05) is 65.2 Å². The standard InChI is InChI=1S/C27H53N3O7S/c1-5-6-15-34-18-20-36-22-23-37-21-19-35-16-9-28-26(32)38-24-27(2,3)8-7-25(31)30-12-10-29(11-13-30)14-17-33-4/h5-24H2,1-4H3,(H,28,32). The molecule has 1 heterocycles. The first kappa shape index (κ1) is 35.1. The van der Waals surface area contributed by atoms with E-state index in [0.29, 0.717) is 65.0 Å². The Morgan fingerprint density at radius 1 is 0.842 bits per heavy atom. The molecular formula is C27H53N3O7S. The fourth-order valence-electron chi connectivity index (χ4n) is 3.66. The number of carbonyl (C=O) groups excluding carboxylic acids is 2. The first-order chi connectivity index (χ1) is 18.4. The van der Waals surface area contributed by atoms with Gasteiger partial charge in [0.25, 0.3) is 5.24 Å². The number of unbranched alkanes of at least 4 members (excludes halogenated alkanes) is 1. The number of nitrogens with zero attached hydrogens (tertiary/aromatic N) is 2. The first-order valence-corrected chi connectivity index (χ1v) is 15.1. The Hall–Kier alpha value is -0.950. The number of rotatable bonds is 23. The van der Waals surface area contributed by atoms with Crippen LogP contribution in [0.4, 0.5) is 4.79 Å². The predicted molar refractivity (Wildman–Crippen MR) is 152 cm³/mol. The van der Waals surface area contributed by atoms with E-state index >= 15 is 0 Å². The van der Waals surface area contributed by atoms with Gasteiger partial charge >= 0.3 is 0 Å². The summed E-state index contributed by atoms with van der Waals surface area (Å²) in [6.07, 6.45) is 3.50. The number of methoxy groups -OCH3 is 1. The van der Waals surface area contributed by atoms with Gasteiger partial charge in [-0.05, 0) is 18.3 Å². The summed E-state index contributed by atoms with van der Waals surface area (Å²) in [7, 11) is 1.71. The summed E-state index contributed by atoms with van der Waals surface area (Å²) in [5.41, 5.74) is -0.0996. The minimum atomic E-state index is -0.0996. The van der Waals surface area contributed by atoms with Crippen LogP contribution in [0.3, 0.4) is 0 Å². The second-order valence-electron chi connectivity index (χ2n) is 10.2. The highest BCUT2D eigenvalue weighted by Gasteiger charge is 2.25. The summed E-state index contributed by atoms with van der Waals surface area (Å²) in [5.74, 6) is 0.874. The van der Waals surface area contributed by atoms with Crippen LogP contribution in [0, 0.1) is 5.41 Å². The lowest BCUT2D eigenvalue weighted by Gasteiger charge is -2.35. The highest BCUT2D eigenvalue weighted by Crippen LogP contribution is 2.28. The molecule has 1 rings (SSSR count). The van der Waals surface area contributed by atoms with Crippen LogP contribution in [0.2, 0.25) is 0 Å². The van der Waals surface area contributed by atoms with Crippen molar-refractivity contribution in [1.82, 2.24) is 15.1 Å². The van der Waals surface area contributed by atoms with Gasteiger partial charge in [-0.2, -0.15) is 0 Å². The Labute approximate surface area is 234 Å². The Bertz CT molecular complexity index is 605. The number of thioether (sulfide) groups is 1. The molecule has 1 saturated heterocycles. The van der Waals surface area contributed by atoms with Crippen LogP contribution in [-0.4, -0.2) is 133 Å². The van der Waals surface area contributed by atoms with Gasteiger partial charge in [-0.15, -0.1) is 0 Å². The molecule has 0 atom stereocenters. The van der Waals surface area contributed by atoms with E-state index in [2.05, 4.69) is 31.0 Å². The van der Waals surface area contributed by atoms with E-state index in [4.69, 9.17) is 23.7 Å². The molecule has 224 valence electrons. The Morgan fingerprint density at radius 3 is 2.00 bits per heavy atom. The molecule has 1 fully saturated rings. The summed E-state index contributed by atoms with van der Waals surface area (Å²) < 4.78 is 27.0. The van der Waals surface area contributed by atoms with E-state index in [1.165, 1.54) is 11.8 Å². The molecule has 38 heavy (non-hydrogen) atoms. The smallest absolute Gasteiger partial charge is 0.279 e. The van der Waals surface area contributed by atoms with Gasteiger partial charge in [-0.25, -0.2) is 0 Å². The van der Waals surface area contributed by atoms with Gasteiger partial charge in [0.1, 0.15) is 0 Å². The number of ether oxygens (including phenoxy) is 5. The zero-order valence-electron chi connectivity index (χ0n) is 24.3. The van der Waals surface area contributed by atoms with Gasteiger partial charge in [-0.1, -0.05) is 39.0 Å². The Morgan fingerprint density at radius 2 is 1.42 bits per heavy atom. The maximum Gasteiger partial charge on any atom is 0.279 e. The van der Waals surface area contributed by atoms with Crippen molar-refractivity contribution in [2.45, 2.75) is 46.5 Å². The predicted octanol–water partition coefficient (Wildman–Crippen LogP) is 2.89. The minimum absolute atomic E-state index is 0.0627. The lowest BCUT2D eigenvalue weighted by Crippen LogP contribution is -2.49. The maximum atomic E-state index is 12.6. The molecule has 1 aliphatic heterocycles. The second kappa shape index (κ2) is 22.8. The molecule has 0 spiro atoms. The fraction of sp³-hybridized carbons (Fsp3) is 0.926. The number of amides is 2. The lowest BCUT2D eigenvalue weighted by molar-refractivity contribution is -0.133. The Balaban J connectivity index is 1.96. The molecule has 11 heteroatoms. The molecule has 0 radical (unpaired) electrons. The lowest BCUT2D eigenvalue weighted by atomic mass is 9.90. The van der Waals surface area contributed by atoms with E-state index in [-0.39, 0.29) is 16.6 Å². The Kier molecular flexibility index (Phi) is 21.1.